The molecule has 4 rings (SSSR count). The molecule has 1 aliphatic heterocycles. The van der Waals surface area contributed by atoms with Crippen LogP contribution in [0.4, 0.5) is 0 Å². The van der Waals surface area contributed by atoms with E-state index in [4.69, 9.17) is 0 Å². The van der Waals surface area contributed by atoms with Crippen LogP contribution >= 0.6 is 0 Å². The van der Waals surface area contributed by atoms with E-state index >= 15 is 0 Å². The number of unbranched alkanes of at least 4 members (excludes halogenated alkanes) is 1. The van der Waals surface area contributed by atoms with Crippen LogP contribution in [0.25, 0.3) is 0 Å². The molecule has 1 aromatic heterocycles. The van der Waals surface area contributed by atoms with Gasteiger partial charge >= 0.3 is 0 Å². The highest BCUT2D eigenvalue weighted by molar-refractivity contribution is 5.39. The number of imidazole rings is 1. The van der Waals surface area contributed by atoms with Crippen LogP contribution in [-0.2, 0) is 24.9 Å². The first-order valence-corrected chi connectivity index (χ1v) is 9.95. The van der Waals surface area contributed by atoms with Crippen molar-refractivity contribution in [2.45, 2.75) is 71.0 Å². The molecular weight excluding hydrogens is 306 g/mol. The van der Waals surface area contributed by atoms with E-state index in [0.717, 1.165) is 13.1 Å². The van der Waals surface area contributed by atoms with Gasteiger partial charge in [-0.2, -0.15) is 0 Å². The molecule has 1 aliphatic carbocycles. The molecule has 0 radical (unpaired) electrons. The highest BCUT2D eigenvalue weighted by atomic mass is 15.2. The van der Waals surface area contributed by atoms with Crippen LogP contribution in [-0.4, -0.2) is 27.0 Å². The molecule has 3 heteroatoms. The summed E-state index contributed by atoms with van der Waals surface area (Å²) < 4.78 is 2.36. The number of hydrogen-bond donors (Lipinski definition) is 0. The van der Waals surface area contributed by atoms with E-state index in [-0.39, 0.29) is 0 Å². The summed E-state index contributed by atoms with van der Waals surface area (Å²) in [6.45, 7) is 10.5. The SMILES string of the molecule is CCCCn1cncc1CN1CCC2(C)c3ccccc3CC1C2C. The monoisotopic (exact) mass is 337 g/mol. The molecule has 0 saturated carbocycles. The largest absolute Gasteiger partial charge is 0.333 e. The average molecular weight is 338 g/mol. The van der Waals surface area contributed by atoms with Crippen LogP contribution in [0.2, 0.25) is 0 Å². The molecule has 3 atom stereocenters. The number of aryl methyl sites for hydroxylation is 1. The van der Waals surface area contributed by atoms with Crippen molar-refractivity contribution in [2.24, 2.45) is 5.92 Å². The second kappa shape index (κ2) is 6.60. The second-order valence-corrected chi connectivity index (χ2v) is 8.29. The van der Waals surface area contributed by atoms with Crippen molar-refractivity contribution in [1.29, 1.82) is 0 Å². The van der Waals surface area contributed by atoms with Gasteiger partial charge in [0.1, 0.15) is 0 Å². The molecule has 0 spiro atoms. The average Bonchev–Trinajstić information content (AvgIpc) is 3.06. The van der Waals surface area contributed by atoms with Gasteiger partial charge in [-0.15, -0.1) is 0 Å². The predicted octanol–water partition coefficient (Wildman–Crippen LogP) is 4.41. The third-order valence-electron chi connectivity index (χ3n) is 6.95. The molecule has 1 fully saturated rings. The number of piperidine rings is 1. The topological polar surface area (TPSA) is 21.1 Å². The first-order chi connectivity index (χ1) is 12.1. The molecule has 0 N–H and O–H groups in total. The van der Waals surface area contributed by atoms with E-state index in [1.165, 1.54) is 37.9 Å². The van der Waals surface area contributed by atoms with Crippen molar-refractivity contribution in [3.8, 4) is 0 Å². The fourth-order valence-corrected chi connectivity index (χ4v) is 5.09. The Bertz CT molecular complexity index is 734. The van der Waals surface area contributed by atoms with Crippen LogP contribution in [0.3, 0.4) is 0 Å². The Morgan fingerprint density at radius 3 is 2.96 bits per heavy atom. The zero-order valence-corrected chi connectivity index (χ0v) is 15.9. The molecule has 3 nitrogen and oxygen atoms in total. The summed E-state index contributed by atoms with van der Waals surface area (Å²) in [4.78, 5) is 7.15. The number of likely N-dealkylation sites (tertiary alicyclic amines) is 1. The van der Waals surface area contributed by atoms with Crippen LogP contribution < -0.4 is 0 Å². The maximum Gasteiger partial charge on any atom is 0.0948 e. The van der Waals surface area contributed by atoms with Crippen molar-refractivity contribution in [3.05, 3.63) is 53.6 Å². The lowest BCUT2D eigenvalue weighted by Gasteiger charge is -2.54. The highest BCUT2D eigenvalue weighted by Gasteiger charge is 2.48. The molecule has 3 unspecified atom stereocenters. The summed E-state index contributed by atoms with van der Waals surface area (Å²) >= 11 is 0. The van der Waals surface area contributed by atoms with Gasteiger partial charge in [0.25, 0.3) is 0 Å². The predicted molar refractivity (Wildman–Crippen MR) is 103 cm³/mol. The summed E-state index contributed by atoms with van der Waals surface area (Å²) in [5.41, 5.74) is 4.88. The molecule has 2 aliphatic rings. The smallest absolute Gasteiger partial charge is 0.0948 e. The molecule has 2 aromatic rings. The first kappa shape index (κ1) is 16.8. The number of aromatic nitrogens is 2. The fraction of sp³-hybridized carbons (Fsp3) is 0.591. The van der Waals surface area contributed by atoms with Gasteiger partial charge in [0.2, 0.25) is 0 Å². The van der Waals surface area contributed by atoms with Gasteiger partial charge in [-0.3, -0.25) is 4.90 Å². The Morgan fingerprint density at radius 1 is 1.28 bits per heavy atom. The quantitative estimate of drug-likeness (QED) is 0.806. The molecule has 134 valence electrons. The Labute approximate surface area is 152 Å². The number of hydrogen-bond acceptors (Lipinski definition) is 2. The molecule has 2 heterocycles. The normalized spacial score (nSPS) is 28.8. The van der Waals surface area contributed by atoms with E-state index in [0.29, 0.717) is 17.4 Å². The number of fused-ring (bicyclic) bond motifs is 4. The van der Waals surface area contributed by atoms with Gasteiger partial charge in [-0.1, -0.05) is 51.5 Å². The molecule has 25 heavy (non-hydrogen) atoms. The van der Waals surface area contributed by atoms with Crippen LogP contribution in [0.15, 0.2) is 36.8 Å². The summed E-state index contributed by atoms with van der Waals surface area (Å²) in [6.07, 6.45) is 9.00. The van der Waals surface area contributed by atoms with E-state index < -0.39 is 0 Å². The lowest BCUT2D eigenvalue weighted by Crippen LogP contribution is -2.57. The van der Waals surface area contributed by atoms with Crippen molar-refractivity contribution in [1.82, 2.24) is 14.5 Å². The third-order valence-corrected chi connectivity index (χ3v) is 6.95. The summed E-state index contributed by atoms with van der Waals surface area (Å²) in [5.74, 6) is 0.697. The minimum absolute atomic E-state index is 0.332. The minimum Gasteiger partial charge on any atom is -0.333 e. The van der Waals surface area contributed by atoms with Crippen molar-refractivity contribution < 1.29 is 0 Å². The van der Waals surface area contributed by atoms with E-state index in [9.17, 15) is 0 Å². The number of benzene rings is 1. The standard InChI is InChI=1S/C22H31N3/c1-4-5-11-25-16-23-14-19(25)15-24-12-10-22(3)17(2)21(24)13-18-8-6-7-9-20(18)22/h6-9,14,16-17,21H,4-5,10-13,15H2,1-3H3. The van der Waals surface area contributed by atoms with Crippen LogP contribution in [0.5, 0.6) is 0 Å². The second-order valence-electron chi connectivity index (χ2n) is 8.29. The lowest BCUT2D eigenvalue weighted by atomic mass is 9.59. The van der Waals surface area contributed by atoms with E-state index in [1.54, 1.807) is 11.1 Å². The van der Waals surface area contributed by atoms with E-state index in [1.807, 2.05) is 6.33 Å². The molecule has 1 saturated heterocycles. The summed E-state index contributed by atoms with van der Waals surface area (Å²) in [6, 6.07) is 9.79. The molecule has 1 aromatic carbocycles. The van der Waals surface area contributed by atoms with Gasteiger partial charge in [0.15, 0.2) is 0 Å². The first-order valence-electron chi connectivity index (χ1n) is 9.95. The van der Waals surface area contributed by atoms with Gasteiger partial charge in [0.05, 0.1) is 12.0 Å². The van der Waals surface area contributed by atoms with Gasteiger partial charge in [0, 0.05) is 25.3 Å². The maximum atomic E-state index is 4.43. The number of rotatable bonds is 5. The molecular formula is C22H31N3. The Morgan fingerprint density at radius 2 is 2.12 bits per heavy atom. The minimum atomic E-state index is 0.332. The van der Waals surface area contributed by atoms with Crippen molar-refractivity contribution in [2.75, 3.05) is 6.54 Å². The van der Waals surface area contributed by atoms with E-state index in [2.05, 4.69) is 65.7 Å². The Hall–Kier alpha value is -1.61. The van der Waals surface area contributed by atoms with Crippen LogP contribution in [0, 0.1) is 5.92 Å². The molecule has 0 amide bonds. The number of nitrogens with zero attached hydrogens (tertiary/aromatic N) is 3. The fourth-order valence-electron chi connectivity index (χ4n) is 5.09. The van der Waals surface area contributed by atoms with Crippen molar-refractivity contribution in [3.63, 3.8) is 0 Å². The maximum absolute atomic E-state index is 4.43. The summed E-state index contributed by atoms with van der Waals surface area (Å²) in [7, 11) is 0. The summed E-state index contributed by atoms with van der Waals surface area (Å²) in [5, 5.41) is 0. The van der Waals surface area contributed by atoms with Gasteiger partial charge < -0.3 is 4.57 Å². The van der Waals surface area contributed by atoms with Crippen LogP contribution in [0.1, 0.15) is 56.9 Å². The zero-order valence-electron chi connectivity index (χ0n) is 15.9. The van der Waals surface area contributed by atoms with Gasteiger partial charge in [-0.25, -0.2) is 4.98 Å². The van der Waals surface area contributed by atoms with Crippen molar-refractivity contribution >= 4 is 0 Å². The Balaban J connectivity index is 1.58. The Kier molecular flexibility index (Phi) is 4.45. The third kappa shape index (κ3) is 2.83. The zero-order chi connectivity index (χ0) is 17.4. The lowest BCUT2D eigenvalue weighted by molar-refractivity contribution is 0.0244. The highest BCUT2D eigenvalue weighted by Crippen LogP contribution is 2.48. The molecule has 2 bridgehead atoms. The van der Waals surface area contributed by atoms with Gasteiger partial charge in [-0.05, 0) is 48.3 Å².